The molecule has 10 heteroatoms. The van der Waals surface area contributed by atoms with Crippen LogP contribution in [0.2, 0.25) is 0 Å². The molecule has 10 nitrogen and oxygen atoms in total. The Morgan fingerprint density at radius 1 is 0.794 bits per heavy atom. The van der Waals surface area contributed by atoms with Gasteiger partial charge in [-0.25, -0.2) is 0 Å². The smallest absolute Gasteiger partial charge is 0.293 e. The van der Waals surface area contributed by atoms with E-state index in [9.17, 15) is 25.0 Å². The Kier molecular flexibility index (Phi) is 7.11. The van der Waals surface area contributed by atoms with Gasteiger partial charge in [0.2, 0.25) is 0 Å². The van der Waals surface area contributed by atoms with Crippen LogP contribution in [0.4, 0.5) is 22.7 Å². The van der Waals surface area contributed by atoms with E-state index in [1.165, 1.54) is 12.1 Å². The molecule has 0 bridgehead atoms. The van der Waals surface area contributed by atoms with E-state index >= 15 is 0 Å². The van der Waals surface area contributed by atoms with Crippen LogP contribution in [-0.2, 0) is 4.79 Å². The number of nitro benzene ring substituents is 2. The molecule has 1 aliphatic rings. The van der Waals surface area contributed by atoms with Crippen molar-refractivity contribution in [2.75, 3.05) is 58.1 Å². The second kappa shape index (κ2) is 9.84. The Labute approximate surface area is 197 Å². The fourth-order valence-electron chi connectivity index (χ4n) is 3.92. The number of carbonyl (C=O) groups is 1. The molecule has 0 saturated carbocycles. The maximum atomic E-state index is 13.2. The van der Waals surface area contributed by atoms with E-state index < -0.39 is 9.85 Å². The van der Waals surface area contributed by atoms with Gasteiger partial charge in [0, 0.05) is 64.6 Å². The highest BCUT2D eigenvalue weighted by Crippen LogP contribution is 2.31. The van der Waals surface area contributed by atoms with E-state index in [1.807, 2.05) is 11.9 Å². The molecule has 0 amide bonds. The largest absolute Gasteiger partial charge is 0.372 e. The summed E-state index contributed by atoms with van der Waals surface area (Å²) in [7, 11) is 8.78. The molecule has 0 aromatic heterocycles. The van der Waals surface area contributed by atoms with Gasteiger partial charge in [0.15, 0.2) is 5.78 Å². The lowest BCUT2D eigenvalue weighted by atomic mass is 9.94. The van der Waals surface area contributed by atoms with Crippen molar-refractivity contribution in [2.45, 2.75) is 0 Å². The molecule has 3 rings (SSSR count). The van der Waals surface area contributed by atoms with Crippen LogP contribution in [0.15, 0.2) is 47.5 Å². The third kappa shape index (κ3) is 5.29. The van der Waals surface area contributed by atoms with Crippen molar-refractivity contribution in [1.82, 2.24) is 4.90 Å². The first-order valence-corrected chi connectivity index (χ1v) is 10.5. The topological polar surface area (TPSA) is 113 Å². The van der Waals surface area contributed by atoms with Gasteiger partial charge in [0.05, 0.1) is 9.85 Å². The first-order valence-electron chi connectivity index (χ1n) is 10.5. The molecule has 34 heavy (non-hydrogen) atoms. The molecule has 1 aliphatic heterocycles. The highest BCUT2D eigenvalue weighted by molar-refractivity contribution is 6.14. The lowest BCUT2D eigenvalue weighted by molar-refractivity contribution is -0.384. The Balaban J connectivity index is 2.00. The van der Waals surface area contributed by atoms with Crippen LogP contribution in [0.25, 0.3) is 12.2 Å². The zero-order valence-electron chi connectivity index (χ0n) is 19.8. The number of carbonyl (C=O) groups excluding carboxylic acids is 1. The molecule has 2 aromatic carbocycles. The molecule has 0 radical (unpaired) electrons. The standard InChI is InChI=1S/C24H27N5O5/c1-25(2)20-8-6-16(12-22(20)28(31)32)10-18-14-27(5)15-19(24(18)30)11-17-7-9-21(26(3)4)23(13-17)29(33)34/h6-13H,14-15H2,1-5H3/b18-10+,19-11+. The summed E-state index contributed by atoms with van der Waals surface area (Å²) in [6.07, 6.45) is 3.33. The summed E-state index contributed by atoms with van der Waals surface area (Å²) in [5.74, 6) is -0.184. The first kappa shape index (κ1) is 24.6. The number of hydrogen-bond acceptors (Lipinski definition) is 8. The fourth-order valence-corrected chi connectivity index (χ4v) is 3.92. The normalized spacial score (nSPS) is 16.7. The van der Waals surface area contributed by atoms with Crippen LogP contribution in [-0.4, -0.2) is 68.9 Å². The Morgan fingerprint density at radius 3 is 1.50 bits per heavy atom. The molecule has 0 atom stereocenters. The minimum absolute atomic E-state index is 0.0416. The Morgan fingerprint density at radius 2 is 1.18 bits per heavy atom. The van der Waals surface area contributed by atoms with Gasteiger partial charge in [-0.2, -0.15) is 0 Å². The third-order valence-electron chi connectivity index (χ3n) is 5.50. The molecule has 2 aromatic rings. The van der Waals surface area contributed by atoms with Crippen molar-refractivity contribution in [3.63, 3.8) is 0 Å². The summed E-state index contributed by atoms with van der Waals surface area (Å²) in [6.45, 7) is 0.776. The number of nitrogens with zero attached hydrogens (tertiary/aromatic N) is 5. The third-order valence-corrected chi connectivity index (χ3v) is 5.50. The van der Waals surface area contributed by atoms with Crippen molar-refractivity contribution >= 4 is 40.7 Å². The Hall–Kier alpha value is -4.05. The highest BCUT2D eigenvalue weighted by Gasteiger charge is 2.25. The number of likely N-dealkylation sites (tertiary alicyclic amines) is 1. The van der Waals surface area contributed by atoms with E-state index in [0.29, 0.717) is 46.7 Å². The van der Waals surface area contributed by atoms with Crippen LogP contribution in [0.1, 0.15) is 11.1 Å². The van der Waals surface area contributed by atoms with Gasteiger partial charge < -0.3 is 9.80 Å². The number of nitro groups is 2. The molecular formula is C24H27N5O5. The zero-order chi connectivity index (χ0) is 25.2. The van der Waals surface area contributed by atoms with Gasteiger partial charge in [0.25, 0.3) is 11.4 Å². The number of piperidine rings is 1. The molecule has 0 spiro atoms. The number of benzene rings is 2. The van der Waals surface area contributed by atoms with E-state index in [4.69, 9.17) is 0 Å². The van der Waals surface area contributed by atoms with E-state index in [-0.39, 0.29) is 17.2 Å². The van der Waals surface area contributed by atoms with Crippen molar-refractivity contribution in [1.29, 1.82) is 0 Å². The SMILES string of the molecule is CN1C/C(=C\c2ccc(N(C)C)c([N+](=O)[O-])c2)C(=O)/C(=C/c2ccc(N(C)C)c([N+](=O)[O-])c2)C1. The minimum Gasteiger partial charge on any atom is -0.372 e. The van der Waals surface area contributed by atoms with Gasteiger partial charge in [-0.15, -0.1) is 0 Å². The first-order chi connectivity index (χ1) is 16.0. The monoisotopic (exact) mass is 465 g/mol. The lowest BCUT2D eigenvalue weighted by Crippen LogP contribution is -2.34. The van der Waals surface area contributed by atoms with Gasteiger partial charge in [0.1, 0.15) is 11.4 Å². The second-order valence-electron chi connectivity index (χ2n) is 8.64. The number of likely N-dealkylation sites (N-methyl/N-ethyl adjacent to an activating group) is 1. The van der Waals surface area contributed by atoms with Crippen LogP contribution in [0, 0.1) is 20.2 Å². The van der Waals surface area contributed by atoms with Gasteiger partial charge >= 0.3 is 0 Å². The molecule has 0 aliphatic carbocycles. The summed E-state index contributed by atoms with van der Waals surface area (Å²) >= 11 is 0. The number of hydrogen-bond donors (Lipinski definition) is 0. The number of ketones is 1. The molecule has 178 valence electrons. The molecule has 1 fully saturated rings. The zero-order valence-corrected chi connectivity index (χ0v) is 19.8. The quantitative estimate of drug-likeness (QED) is 0.361. The average molecular weight is 466 g/mol. The van der Waals surface area contributed by atoms with Gasteiger partial charge in [-0.05, 0) is 42.5 Å². The molecular weight excluding hydrogens is 438 g/mol. The Bertz CT molecular complexity index is 1120. The summed E-state index contributed by atoms with van der Waals surface area (Å²) in [5, 5.41) is 23.0. The van der Waals surface area contributed by atoms with Crippen molar-refractivity contribution in [2.24, 2.45) is 0 Å². The maximum Gasteiger partial charge on any atom is 0.293 e. The molecule has 1 heterocycles. The van der Waals surface area contributed by atoms with Gasteiger partial charge in [-0.3, -0.25) is 29.9 Å². The van der Waals surface area contributed by atoms with Crippen molar-refractivity contribution in [3.8, 4) is 0 Å². The summed E-state index contributed by atoms with van der Waals surface area (Å²) in [6, 6.07) is 9.70. The molecule has 1 saturated heterocycles. The van der Waals surface area contributed by atoms with E-state index in [0.717, 1.165) is 0 Å². The summed E-state index contributed by atoms with van der Waals surface area (Å²) < 4.78 is 0. The van der Waals surface area contributed by atoms with Crippen molar-refractivity contribution < 1.29 is 14.6 Å². The average Bonchev–Trinajstić information content (AvgIpc) is 2.76. The highest BCUT2D eigenvalue weighted by atomic mass is 16.6. The maximum absolute atomic E-state index is 13.2. The molecule has 0 unspecified atom stereocenters. The van der Waals surface area contributed by atoms with Crippen molar-refractivity contribution in [3.05, 3.63) is 78.9 Å². The van der Waals surface area contributed by atoms with E-state index in [1.54, 1.807) is 74.4 Å². The van der Waals surface area contributed by atoms with Crippen LogP contribution in [0.5, 0.6) is 0 Å². The summed E-state index contributed by atoms with van der Waals surface area (Å²) in [4.78, 5) is 40.6. The van der Waals surface area contributed by atoms with Gasteiger partial charge in [-0.1, -0.05) is 12.1 Å². The predicted octanol–water partition coefficient (Wildman–Crippen LogP) is 3.62. The van der Waals surface area contributed by atoms with Crippen LogP contribution < -0.4 is 9.80 Å². The van der Waals surface area contributed by atoms with E-state index in [2.05, 4.69) is 0 Å². The lowest BCUT2D eigenvalue weighted by Gasteiger charge is -2.26. The minimum atomic E-state index is -0.443. The summed E-state index contributed by atoms with van der Waals surface area (Å²) in [5.41, 5.74) is 2.96. The van der Waals surface area contributed by atoms with Crippen LogP contribution >= 0.6 is 0 Å². The second-order valence-corrected chi connectivity index (χ2v) is 8.64. The predicted molar refractivity (Wildman–Crippen MR) is 133 cm³/mol. The molecule has 0 N–H and O–H groups in total. The number of rotatable bonds is 6. The number of anilines is 2. The van der Waals surface area contributed by atoms with Crippen LogP contribution in [0.3, 0.4) is 0 Å². The number of Topliss-reactive ketones (excluding diaryl/α,β-unsaturated/α-hetero) is 1. The fraction of sp³-hybridized carbons (Fsp3) is 0.292.